The fourth-order valence-electron chi connectivity index (χ4n) is 2.59. The Balaban J connectivity index is 1.87. The highest BCUT2D eigenvalue weighted by Gasteiger charge is 2.21. The van der Waals surface area contributed by atoms with E-state index in [4.69, 9.17) is 0 Å². The standard InChI is InChI=1S/C18H30N2/c1-5-20(14(2)3)13-16-6-8-17(9-7-16)15(4)12-19-18-10-11-18/h6-9,14-15,18-19H,5,10-13H2,1-4H3. The minimum atomic E-state index is 0.608. The highest BCUT2D eigenvalue weighted by atomic mass is 15.1. The Morgan fingerprint density at radius 1 is 1.15 bits per heavy atom. The minimum Gasteiger partial charge on any atom is -0.313 e. The molecular weight excluding hydrogens is 244 g/mol. The molecular formula is C18H30N2. The van der Waals surface area contributed by atoms with E-state index in [0.717, 1.165) is 25.7 Å². The van der Waals surface area contributed by atoms with Gasteiger partial charge in [0, 0.05) is 25.2 Å². The number of nitrogens with zero attached hydrogens (tertiary/aromatic N) is 1. The molecule has 1 aromatic rings. The number of rotatable bonds is 8. The Kier molecular flexibility index (Phi) is 5.62. The van der Waals surface area contributed by atoms with Gasteiger partial charge in [-0.05, 0) is 50.3 Å². The topological polar surface area (TPSA) is 15.3 Å². The van der Waals surface area contributed by atoms with Crippen LogP contribution < -0.4 is 5.32 Å². The summed E-state index contributed by atoms with van der Waals surface area (Å²) < 4.78 is 0. The molecule has 0 heterocycles. The third-order valence-corrected chi connectivity index (χ3v) is 4.36. The SMILES string of the molecule is CCN(Cc1ccc(C(C)CNC2CC2)cc1)C(C)C. The van der Waals surface area contributed by atoms with E-state index in [1.165, 1.54) is 24.0 Å². The number of hydrogen-bond donors (Lipinski definition) is 1. The summed E-state index contributed by atoms with van der Waals surface area (Å²) in [4.78, 5) is 2.49. The van der Waals surface area contributed by atoms with Crippen molar-refractivity contribution in [3.05, 3.63) is 35.4 Å². The summed E-state index contributed by atoms with van der Waals surface area (Å²) >= 11 is 0. The van der Waals surface area contributed by atoms with Gasteiger partial charge in [0.2, 0.25) is 0 Å². The van der Waals surface area contributed by atoms with Gasteiger partial charge in [-0.15, -0.1) is 0 Å². The second-order valence-corrected chi connectivity index (χ2v) is 6.48. The van der Waals surface area contributed by atoms with Crippen molar-refractivity contribution in [1.82, 2.24) is 10.2 Å². The maximum Gasteiger partial charge on any atom is 0.0236 e. The van der Waals surface area contributed by atoms with E-state index < -0.39 is 0 Å². The molecule has 1 aromatic carbocycles. The van der Waals surface area contributed by atoms with Crippen molar-refractivity contribution < 1.29 is 0 Å². The van der Waals surface area contributed by atoms with Gasteiger partial charge in [-0.1, -0.05) is 38.1 Å². The zero-order valence-corrected chi connectivity index (χ0v) is 13.5. The van der Waals surface area contributed by atoms with Crippen LogP contribution in [0.5, 0.6) is 0 Å². The number of hydrogen-bond acceptors (Lipinski definition) is 2. The molecule has 2 rings (SSSR count). The van der Waals surface area contributed by atoms with Crippen molar-refractivity contribution in [2.45, 2.75) is 65.1 Å². The van der Waals surface area contributed by atoms with E-state index >= 15 is 0 Å². The summed E-state index contributed by atoms with van der Waals surface area (Å²) in [5, 5.41) is 3.62. The lowest BCUT2D eigenvalue weighted by atomic mass is 9.99. The van der Waals surface area contributed by atoms with Crippen LogP contribution in [0.2, 0.25) is 0 Å². The highest BCUT2D eigenvalue weighted by Crippen LogP contribution is 2.21. The molecule has 1 aliphatic carbocycles. The van der Waals surface area contributed by atoms with Gasteiger partial charge in [0.25, 0.3) is 0 Å². The maximum absolute atomic E-state index is 3.62. The lowest BCUT2D eigenvalue weighted by Crippen LogP contribution is -2.29. The molecule has 0 bridgehead atoms. The first-order valence-corrected chi connectivity index (χ1v) is 8.16. The van der Waals surface area contributed by atoms with Gasteiger partial charge in [-0.25, -0.2) is 0 Å². The van der Waals surface area contributed by atoms with Gasteiger partial charge in [0.05, 0.1) is 0 Å². The van der Waals surface area contributed by atoms with Crippen molar-refractivity contribution in [2.75, 3.05) is 13.1 Å². The fourth-order valence-corrected chi connectivity index (χ4v) is 2.59. The second-order valence-electron chi connectivity index (χ2n) is 6.48. The molecule has 0 radical (unpaired) electrons. The summed E-state index contributed by atoms with van der Waals surface area (Å²) in [6.45, 7) is 12.4. The molecule has 0 spiro atoms. The molecule has 0 aliphatic heterocycles. The quantitative estimate of drug-likeness (QED) is 0.776. The summed E-state index contributed by atoms with van der Waals surface area (Å²) in [5.41, 5.74) is 2.88. The third kappa shape index (κ3) is 4.60. The average molecular weight is 274 g/mol. The lowest BCUT2D eigenvalue weighted by Gasteiger charge is -2.25. The summed E-state index contributed by atoms with van der Waals surface area (Å²) in [7, 11) is 0. The average Bonchev–Trinajstić information content (AvgIpc) is 3.26. The van der Waals surface area contributed by atoms with Crippen LogP contribution in [0.1, 0.15) is 57.6 Å². The maximum atomic E-state index is 3.62. The minimum absolute atomic E-state index is 0.608. The normalized spacial score (nSPS) is 16.9. The van der Waals surface area contributed by atoms with Crippen LogP contribution in [0.15, 0.2) is 24.3 Å². The first-order valence-electron chi connectivity index (χ1n) is 8.16. The fraction of sp³-hybridized carbons (Fsp3) is 0.667. The van der Waals surface area contributed by atoms with Crippen LogP contribution in [0.4, 0.5) is 0 Å². The van der Waals surface area contributed by atoms with Gasteiger partial charge >= 0.3 is 0 Å². The Morgan fingerprint density at radius 2 is 1.80 bits per heavy atom. The van der Waals surface area contributed by atoms with Crippen LogP contribution in [0, 0.1) is 0 Å². The molecule has 1 fully saturated rings. The van der Waals surface area contributed by atoms with E-state index in [1.54, 1.807) is 0 Å². The van der Waals surface area contributed by atoms with Crippen LogP contribution in [-0.2, 0) is 6.54 Å². The Labute approximate surface area is 124 Å². The first-order chi connectivity index (χ1) is 9.60. The molecule has 1 saturated carbocycles. The molecule has 1 N–H and O–H groups in total. The van der Waals surface area contributed by atoms with E-state index in [-0.39, 0.29) is 0 Å². The monoisotopic (exact) mass is 274 g/mol. The molecule has 112 valence electrons. The van der Waals surface area contributed by atoms with E-state index in [2.05, 4.69) is 62.2 Å². The molecule has 0 saturated heterocycles. The van der Waals surface area contributed by atoms with Gasteiger partial charge < -0.3 is 5.32 Å². The summed E-state index contributed by atoms with van der Waals surface area (Å²) in [6.07, 6.45) is 2.74. The van der Waals surface area contributed by atoms with Crippen molar-refractivity contribution in [2.24, 2.45) is 0 Å². The second kappa shape index (κ2) is 7.24. The summed E-state index contributed by atoms with van der Waals surface area (Å²) in [6, 6.07) is 10.6. The van der Waals surface area contributed by atoms with Crippen LogP contribution in [0.3, 0.4) is 0 Å². The van der Waals surface area contributed by atoms with E-state index in [0.29, 0.717) is 12.0 Å². The zero-order chi connectivity index (χ0) is 14.5. The highest BCUT2D eigenvalue weighted by molar-refractivity contribution is 5.25. The molecule has 1 aliphatic rings. The molecule has 0 aromatic heterocycles. The lowest BCUT2D eigenvalue weighted by molar-refractivity contribution is 0.225. The Morgan fingerprint density at radius 3 is 2.30 bits per heavy atom. The largest absolute Gasteiger partial charge is 0.313 e. The third-order valence-electron chi connectivity index (χ3n) is 4.36. The van der Waals surface area contributed by atoms with Crippen molar-refractivity contribution in [1.29, 1.82) is 0 Å². The predicted molar refractivity (Wildman–Crippen MR) is 87.1 cm³/mol. The zero-order valence-electron chi connectivity index (χ0n) is 13.5. The van der Waals surface area contributed by atoms with Gasteiger partial charge in [0.1, 0.15) is 0 Å². The number of benzene rings is 1. The van der Waals surface area contributed by atoms with E-state index in [1.807, 2.05) is 0 Å². The van der Waals surface area contributed by atoms with Crippen LogP contribution in [-0.4, -0.2) is 30.1 Å². The molecule has 20 heavy (non-hydrogen) atoms. The Bertz CT molecular complexity index is 392. The Hall–Kier alpha value is -0.860. The van der Waals surface area contributed by atoms with Crippen LogP contribution in [0.25, 0.3) is 0 Å². The summed E-state index contributed by atoms with van der Waals surface area (Å²) in [5.74, 6) is 0.608. The van der Waals surface area contributed by atoms with Crippen molar-refractivity contribution in [3.63, 3.8) is 0 Å². The molecule has 2 heteroatoms. The molecule has 1 unspecified atom stereocenters. The molecule has 2 nitrogen and oxygen atoms in total. The van der Waals surface area contributed by atoms with Crippen LogP contribution >= 0.6 is 0 Å². The molecule has 0 amide bonds. The van der Waals surface area contributed by atoms with Gasteiger partial charge in [0.15, 0.2) is 0 Å². The molecule has 1 atom stereocenters. The van der Waals surface area contributed by atoms with Crippen molar-refractivity contribution in [3.8, 4) is 0 Å². The van der Waals surface area contributed by atoms with E-state index in [9.17, 15) is 0 Å². The smallest absolute Gasteiger partial charge is 0.0236 e. The van der Waals surface area contributed by atoms with Crippen molar-refractivity contribution >= 4 is 0 Å². The van der Waals surface area contributed by atoms with Gasteiger partial charge in [-0.2, -0.15) is 0 Å². The first kappa shape index (κ1) is 15.5. The number of nitrogens with one attached hydrogen (secondary N) is 1. The predicted octanol–water partition coefficient (Wildman–Crippen LogP) is 3.77. The van der Waals surface area contributed by atoms with Gasteiger partial charge in [-0.3, -0.25) is 4.90 Å².